The van der Waals surface area contributed by atoms with Crippen LogP contribution in [0.3, 0.4) is 0 Å². The minimum atomic E-state index is -1.76. The average Bonchev–Trinajstić information content (AvgIpc) is 3.07. The number of phenolic OH excluding ortho intramolecular Hbond substituents is 1. The lowest BCUT2D eigenvalue weighted by Crippen LogP contribution is -2.33. The van der Waals surface area contributed by atoms with Gasteiger partial charge < -0.3 is 21.3 Å². The number of nitrogens with two attached hydrogens (primary N) is 1. The molecule has 10 nitrogen and oxygen atoms in total. The molecule has 0 saturated heterocycles. The summed E-state index contributed by atoms with van der Waals surface area (Å²) >= 11 is 6.16. The van der Waals surface area contributed by atoms with Gasteiger partial charge in [-0.3, -0.25) is 0 Å². The van der Waals surface area contributed by atoms with Gasteiger partial charge in [0.15, 0.2) is 22.3 Å². The van der Waals surface area contributed by atoms with E-state index in [1.54, 1.807) is 18.2 Å². The quantitative estimate of drug-likeness (QED) is 0.362. The molecule has 0 radical (unpaired) electrons. The molecule has 1 aromatic carbocycles. The second-order valence-corrected chi connectivity index (χ2v) is 6.99. The molecule has 0 fully saturated rings. The Morgan fingerprint density at radius 1 is 1.27 bits per heavy atom. The first-order chi connectivity index (χ1) is 14.3. The minimum Gasteiger partial charge on any atom is -0.508 e. The number of aromatic nitrogens is 5. The van der Waals surface area contributed by atoms with Gasteiger partial charge in [-0.15, -0.1) is 0 Å². The molecule has 4 aromatic rings. The van der Waals surface area contributed by atoms with Crippen LogP contribution in [0.1, 0.15) is 18.1 Å². The third-order valence-corrected chi connectivity index (χ3v) is 4.70. The molecule has 0 unspecified atom stereocenters. The molecule has 3 aromatic heterocycles. The van der Waals surface area contributed by atoms with Crippen LogP contribution < -0.4 is 11.1 Å². The van der Waals surface area contributed by atoms with E-state index in [2.05, 4.69) is 25.4 Å². The number of rotatable bonds is 4. The Morgan fingerprint density at radius 2 is 2.07 bits per heavy atom. The Labute approximate surface area is 175 Å². The van der Waals surface area contributed by atoms with Crippen LogP contribution in [0.2, 0.25) is 5.15 Å². The number of phenols is 1. The Kier molecular flexibility index (Phi) is 4.62. The number of nitrogen functional groups attached to an aromatic ring is 1. The van der Waals surface area contributed by atoms with E-state index in [0.29, 0.717) is 22.5 Å². The van der Waals surface area contributed by atoms with E-state index in [1.165, 1.54) is 36.1 Å². The molecular weight excluding hydrogens is 408 g/mol. The van der Waals surface area contributed by atoms with Gasteiger partial charge in [-0.05, 0) is 25.1 Å². The lowest BCUT2D eigenvalue weighted by atomic mass is 9.98. The van der Waals surface area contributed by atoms with Crippen molar-refractivity contribution >= 4 is 28.9 Å². The van der Waals surface area contributed by atoms with Crippen LogP contribution in [0.25, 0.3) is 16.9 Å². The highest BCUT2D eigenvalue weighted by Crippen LogP contribution is 2.34. The number of fused-ring (bicyclic) bond motifs is 1. The van der Waals surface area contributed by atoms with Gasteiger partial charge in [0.2, 0.25) is 0 Å². The van der Waals surface area contributed by atoms with Crippen LogP contribution in [0, 0.1) is 11.3 Å². The van der Waals surface area contributed by atoms with Gasteiger partial charge >= 0.3 is 0 Å². The summed E-state index contributed by atoms with van der Waals surface area (Å²) in [6.07, 6.45) is 2.61. The van der Waals surface area contributed by atoms with Crippen LogP contribution in [0.15, 0.2) is 42.9 Å². The third kappa shape index (κ3) is 3.32. The molecule has 0 bridgehead atoms. The number of nitrogens with one attached hydrogen (secondary N) is 1. The van der Waals surface area contributed by atoms with Crippen LogP contribution >= 0.6 is 11.6 Å². The predicted molar refractivity (Wildman–Crippen MR) is 109 cm³/mol. The summed E-state index contributed by atoms with van der Waals surface area (Å²) in [6, 6.07) is 9.91. The number of hydrogen-bond donors (Lipinski definition) is 4. The number of nitriles is 1. The summed E-state index contributed by atoms with van der Waals surface area (Å²) in [5.41, 5.74) is 5.53. The first-order valence-corrected chi connectivity index (χ1v) is 9.03. The van der Waals surface area contributed by atoms with E-state index in [1.807, 2.05) is 6.07 Å². The maximum Gasteiger partial charge on any atom is 0.162 e. The van der Waals surface area contributed by atoms with Crippen molar-refractivity contribution in [3.63, 3.8) is 0 Å². The zero-order chi connectivity index (χ0) is 21.5. The Morgan fingerprint density at radius 3 is 2.80 bits per heavy atom. The predicted octanol–water partition coefficient (Wildman–Crippen LogP) is 2.28. The normalized spacial score (nSPS) is 13.0. The molecule has 0 aliphatic carbocycles. The Bertz CT molecular complexity index is 1310. The number of aromatic hydroxyl groups is 1. The van der Waals surface area contributed by atoms with E-state index in [4.69, 9.17) is 17.3 Å². The van der Waals surface area contributed by atoms with Crippen molar-refractivity contribution in [1.29, 1.82) is 5.26 Å². The van der Waals surface area contributed by atoms with Gasteiger partial charge in [-0.2, -0.15) is 10.4 Å². The zero-order valence-electron chi connectivity index (χ0n) is 15.6. The van der Waals surface area contributed by atoms with E-state index in [0.717, 1.165) is 0 Å². The van der Waals surface area contributed by atoms with Crippen molar-refractivity contribution in [3.8, 4) is 23.1 Å². The number of benzene rings is 1. The van der Waals surface area contributed by atoms with Crippen molar-refractivity contribution < 1.29 is 10.2 Å². The summed E-state index contributed by atoms with van der Waals surface area (Å²) < 4.78 is 1.41. The highest BCUT2D eigenvalue weighted by atomic mass is 35.5. The van der Waals surface area contributed by atoms with Crippen LogP contribution in [-0.2, 0) is 5.72 Å². The highest BCUT2D eigenvalue weighted by Gasteiger charge is 2.31. The summed E-state index contributed by atoms with van der Waals surface area (Å²) in [5, 5.41) is 38.2. The van der Waals surface area contributed by atoms with Crippen molar-refractivity contribution in [2.24, 2.45) is 0 Å². The zero-order valence-corrected chi connectivity index (χ0v) is 16.3. The molecule has 0 saturated carbocycles. The van der Waals surface area contributed by atoms with E-state index in [-0.39, 0.29) is 28.1 Å². The van der Waals surface area contributed by atoms with Gasteiger partial charge in [0.1, 0.15) is 29.5 Å². The summed E-state index contributed by atoms with van der Waals surface area (Å²) in [6.45, 7) is 1.47. The number of nitrogens with zero attached hydrogens (tertiary/aromatic N) is 6. The van der Waals surface area contributed by atoms with E-state index in [9.17, 15) is 15.5 Å². The third-order valence-electron chi connectivity index (χ3n) is 4.45. The number of aliphatic hydroxyl groups is 1. The lowest BCUT2D eigenvalue weighted by Gasteiger charge is -2.28. The molecular formula is C19H15ClN8O2. The average molecular weight is 423 g/mol. The molecule has 3 heterocycles. The Balaban J connectivity index is 1.91. The standard InChI is InChI=1S/C19H15ClN8O2/c1-19(30,26-18-12(7-21)17(22)24-9-25-18)13-6-15-23-8-14(20)28(15)27-16(13)10-3-2-4-11(29)5-10/h2-6,8-9,29-30H,1H3,(H3,22,24,25,26)/t19-/m1/s1. The molecule has 0 spiro atoms. The fourth-order valence-corrected chi connectivity index (χ4v) is 3.20. The summed E-state index contributed by atoms with van der Waals surface area (Å²) in [5.74, 6) is 0.0609. The molecule has 11 heteroatoms. The maximum atomic E-state index is 11.3. The van der Waals surface area contributed by atoms with Gasteiger partial charge in [0.05, 0.1) is 11.9 Å². The van der Waals surface area contributed by atoms with Crippen molar-refractivity contribution in [1.82, 2.24) is 24.6 Å². The molecule has 5 N–H and O–H groups in total. The topological polar surface area (TPSA) is 158 Å². The number of anilines is 2. The van der Waals surface area contributed by atoms with Gasteiger partial charge in [0, 0.05) is 11.1 Å². The van der Waals surface area contributed by atoms with E-state index < -0.39 is 5.72 Å². The molecule has 0 amide bonds. The van der Waals surface area contributed by atoms with Crippen molar-refractivity contribution in [3.05, 3.63) is 59.1 Å². The number of halogens is 1. The summed E-state index contributed by atoms with van der Waals surface area (Å²) in [4.78, 5) is 12.0. The number of hydrogen-bond acceptors (Lipinski definition) is 9. The maximum absolute atomic E-state index is 11.3. The van der Waals surface area contributed by atoms with Gasteiger partial charge in [-0.25, -0.2) is 19.5 Å². The van der Waals surface area contributed by atoms with Gasteiger partial charge in [0.25, 0.3) is 0 Å². The van der Waals surface area contributed by atoms with Crippen LogP contribution in [-0.4, -0.2) is 34.8 Å². The molecule has 30 heavy (non-hydrogen) atoms. The van der Waals surface area contributed by atoms with Crippen LogP contribution in [0.4, 0.5) is 11.6 Å². The highest BCUT2D eigenvalue weighted by molar-refractivity contribution is 6.29. The monoisotopic (exact) mass is 422 g/mol. The molecule has 150 valence electrons. The number of imidazole rings is 1. The minimum absolute atomic E-state index is 0.00502. The van der Waals surface area contributed by atoms with Crippen molar-refractivity contribution in [2.75, 3.05) is 11.1 Å². The SMILES string of the molecule is C[C@](O)(Nc1ncnc(N)c1C#N)c1cc2ncc(Cl)n2nc1-c1cccc(O)c1. The second-order valence-electron chi connectivity index (χ2n) is 6.60. The summed E-state index contributed by atoms with van der Waals surface area (Å²) in [7, 11) is 0. The fraction of sp³-hybridized carbons (Fsp3) is 0.105. The second kappa shape index (κ2) is 7.14. The van der Waals surface area contributed by atoms with Gasteiger partial charge in [-0.1, -0.05) is 23.7 Å². The smallest absolute Gasteiger partial charge is 0.162 e. The fourth-order valence-electron chi connectivity index (χ4n) is 3.03. The molecule has 0 aliphatic heterocycles. The van der Waals surface area contributed by atoms with Crippen LogP contribution in [0.5, 0.6) is 5.75 Å². The van der Waals surface area contributed by atoms with E-state index >= 15 is 0 Å². The Hall–Kier alpha value is -3.94. The largest absolute Gasteiger partial charge is 0.508 e. The van der Waals surface area contributed by atoms with Crippen molar-refractivity contribution in [2.45, 2.75) is 12.6 Å². The first kappa shape index (κ1) is 19.4. The molecule has 1 atom stereocenters. The lowest BCUT2D eigenvalue weighted by molar-refractivity contribution is 0.0885. The molecule has 0 aliphatic rings. The first-order valence-electron chi connectivity index (χ1n) is 8.65. The molecule has 4 rings (SSSR count).